The van der Waals surface area contributed by atoms with E-state index < -0.39 is 10.8 Å². The van der Waals surface area contributed by atoms with E-state index in [0.717, 1.165) is 22.2 Å². The Morgan fingerprint density at radius 1 is 0.895 bits per heavy atom. The minimum absolute atomic E-state index is 0.142. The second-order valence-electron chi connectivity index (χ2n) is 3.95. The quantitative estimate of drug-likeness (QED) is 0.590. The molecule has 4 heteroatoms. The van der Waals surface area contributed by atoms with Crippen molar-refractivity contribution in [1.29, 1.82) is 0 Å². The van der Waals surface area contributed by atoms with Gasteiger partial charge in [0.05, 0.1) is 5.38 Å². The number of carbonyl (C=O) groups excluding carboxylic acids is 1. The Bertz CT molecular complexity index is 530. The van der Waals surface area contributed by atoms with Crippen molar-refractivity contribution in [2.24, 2.45) is 0 Å². The predicted molar refractivity (Wildman–Crippen MR) is 82.0 cm³/mol. The Morgan fingerprint density at radius 3 is 2.00 bits per heavy atom. The SMILES string of the molecule is O=C(Sc1ccccc1)[C@@H](Cl)[C@H](Cl)c1ccccc1. The van der Waals surface area contributed by atoms with Crippen molar-refractivity contribution in [2.75, 3.05) is 0 Å². The molecule has 2 atom stereocenters. The fourth-order valence-corrected chi connectivity index (χ4v) is 2.97. The van der Waals surface area contributed by atoms with Crippen LogP contribution in [0.4, 0.5) is 0 Å². The van der Waals surface area contributed by atoms with Gasteiger partial charge in [-0.25, -0.2) is 0 Å². The minimum atomic E-state index is -0.755. The molecule has 0 saturated carbocycles. The molecule has 0 aromatic heterocycles. The van der Waals surface area contributed by atoms with E-state index in [2.05, 4.69) is 0 Å². The van der Waals surface area contributed by atoms with E-state index in [0.29, 0.717) is 0 Å². The summed E-state index contributed by atoms with van der Waals surface area (Å²) in [6.07, 6.45) is 0. The minimum Gasteiger partial charge on any atom is -0.285 e. The lowest BCUT2D eigenvalue weighted by molar-refractivity contribution is -0.110. The number of carbonyl (C=O) groups is 1. The number of benzene rings is 2. The van der Waals surface area contributed by atoms with E-state index in [9.17, 15) is 4.79 Å². The van der Waals surface area contributed by atoms with Crippen molar-refractivity contribution in [1.82, 2.24) is 0 Å². The van der Waals surface area contributed by atoms with Gasteiger partial charge in [-0.3, -0.25) is 4.79 Å². The van der Waals surface area contributed by atoms with E-state index in [-0.39, 0.29) is 5.12 Å². The molecule has 0 amide bonds. The third-order valence-electron chi connectivity index (χ3n) is 2.56. The van der Waals surface area contributed by atoms with Crippen LogP contribution in [-0.2, 0) is 4.79 Å². The summed E-state index contributed by atoms with van der Waals surface area (Å²) in [4.78, 5) is 12.9. The van der Waals surface area contributed by atoms with Crippen LogP contribution in [0.15, 0.2) is 65.6 Å². The van der Waals surface area contributed by atoms with Gasteiger partial charge in [-0.05, 0) is 17.7 Å². The highest BCUT2D eigenvalue weighted by molar-refractivity contribution is 8.14. The molecule has 0 unspecified atom stereocenters. The lowest BCUT2D eigenvalue weighted by Crippen LogP contribution is -2.16. The third-order valence-corrected chi connectivity index (χ3v) is 4.74. The van der Waals surface area contributed by atoms with Crippen LogP contribution in [0.25, 0.3) is 0 Å². The van der Waals surface area contributed by atoms with Crippen molar-refractivity contribution in [3.8, 4) is 0 Å². The zero-order valence-electron chi connectivity index (χ0n) is 10.0. The first-order valence-electron chi connectivity index (χ1n) is 5.78. The van der Waals surface area contributed by atoms with Crippen LogP contribution in [0.2, 0.25) is 0 Å². The molecular weight excluding hydrogens is 299 g/mol. The monoisotopic (exact) mass is 310 g/mol. The van der Waals surface area contributed by atoms with Crippen molar-refractivity contribution in [3.63, 3.8) is 0 Å². The summed E-state index contributed by atoms with van der Waals surface area (Å²) in [5.74, 6) is 0. The number of hydrogen-bond acceptors (Lipinski definition) is 2. The van der Waals surface area contributed by atoms with Crippen LogP contribution < -0.4 is 0 Å². The van der Waals surface area contributed by atoms with Gasteiger partial charge in [0, 0.05) is 4.90 Å². The number of halogens is 2. The van der Waals surface area contributed by atoms with Crippen LogP contribution in [-0.4, -0.2) is 10.5 Å². The largest absolute Gasteiger partial charge is 0.285 e. The van der Waals surface area contributed by atoms with Gasteiger partial charge in [-0.2, -0.15) is 0 Å². The van der Waals surface area contributed by atoms with Crippen LogP contribution >= 0.6 is 35.0 Å². The molecular formula is C15H12Cl2OS. The normalized spacial score (nSPS) is 13.8. The van der Waals surface area contributed by atoms with Gasteiger partial charge in [0.2, 0.25) is 5.12 Å². The molecule has 0 aliphatic carbocycles. The molecule has 0 heterocycles. The van der Waals surface area contributed by atoms with Crippen molar-refractivity contribution < 1.29 is 4.79 Å². The van der Waals surface area contributed by atoms with Gasteiger partial charge in [0.1, 0.15) is 5.38 Å². The molecule has 0 bridgehead atoms. The summed E-state index contributed by atoms with van der Waals surface area (Å²) < 4.78 is 0. The Balaban J connectivity index is 2.03. The maximum atomic E-state index is 12.1. The van der Waals surface area contributed by atoms with Crippen LogP contribution in [0, 0.1) is 0 Å². The Labute approximate surface area is 126 Å². The second kappa shape index (κ2) is 6.99. The highest BCUT2D eigenvalue weighted by Crippen LogP contribution is 2.33. The smallest absolute Gasteiger partial charge is 0.213 e. The molecule has 2 aromatic rings. The molecule has 98 valence electrons. The fourth-order valence-electron chi connectivity index (χ4n) is 1.59. The fraction of sp³-hybridized carbons (Fsp3) is 0.133. The summed E-state index contributed by atoms with van der Waals surface area (Å²) in [6, 6.07) is 18.8. The van der Waals surface area contributed by atoms with Gasteiger partial charge in [-0.1, -0.05) is 60.3 Å². The highest BCUT2D eigenvalue weighted by atomic mass is 35.5. The van der Waals surface area contributed by atoms with Crippen LogP contribution in [0.3, 0.4) is 0 Å². The number of alkyl halides is 2. The molecule has 2 rings (SSSR count). The van der Waals surface area contributed by atoms with E-state index >= 15 is 0 Å². The molecule has 0 N–H and O–H groups in total. The summed E-state index contributed by atoms with van der Waals surface area (Å²) in [7, 11) is 0. The number of hydrogen-bond donors (Lipinski definition) is 0. The maximum absolute atomic E-state index is 12.1. The van der Waals surface area contributed by atoms with Gasteiger partial charge >= 0.3 is 0 Å². The molecule has 2 aromatic carbocycles. The van der Waals surface area contributed by atoms with Crippen molar-refractivity contribution in [2.45, 2.75) is 15.6 Å². The molecule has 0 aliphatic rings. The topological polar surface area (TPSA) is 17.1 Å². The number of thioether (sulfide) groups is 1. The summed E-state index contributed by atoms with van der Waals surface area (Å²) in [5, 5.41) is -1.42. The predicted octanol–water partition coefficient (Wildman–Crippen LogP) is 4.89. The lowest BCUT2D eigenvalue weighted by Gasteiger charge is -2.14. The first kappa shape index (κ1) is 14.4. The van der Waals surface area contributed by atoms with E-state index in [1.54, 1.807) is 0 Å². The zero-order chi connectivity index (χ0) is 13.7. The molecule has 19 heavy (non-hydrogen) atoms. The maximum Gasteiger partial charge on any atom is 0.213 e. The Kier molecular flexibility index (Phi) is 5.32. The van der Waals surface area contributed by atoms with Gasteiger partial charge in [0.15, 0.2) is 0 Å². The lowest BCUT2D eigenvalue weighted by atomic mass is 10.1. The summed E-state index contributed by atoms with van der Waals surface area (Å²) in [6.45, 7) is 0. The zero-order valence-corrected chi connectivity index (χ0v) is 12.3. The van der Waals surface area contributed by atoms with Gasteiger partial charge in [0.25, 0.3) is 0 Å². The van der Waals surface area contributed by atoms with Gasteiger partial charge < -0.3 is 0 Å². The van der Waals surface area contributed by atoms with Gasteiger partial charge in [-0.15, -0.1) is 23.2 Å². The first-order chi connectivity index (χ1) is 9.18. The number of rotatable bonds is 4. The molecule has 0 aliphatic heterocycles. The highest BCUT2D eigenvalue weighted by Gasteiger charge is 2.26. The van der Waals surface area contributed by atoms with Crippen LogP contribution in [0.1, 0.15) is 10.9 Å². The molecule has 0 fully saturated rings. The molecule has 0 radical (unpaired) electrons. The standard InChI is InChI=1S/C15H12Cl2OS/c16-13(11-7-3-1-4-8-11)14(17)15(18)19-12-9-5-2-6-10-12/h1-10,13-14H/t13-,14+/m1/s1. The average molecular weight is 311 g/mol. The second-order valence-corrected chi connectivity index (χ2v) is 5.97. The molecule has 0 saturated heterocycles. The first-order valence-corrected chi connectivity index (χ1v) is 7.47. The third kappa shape index (κ3) is 4.00. The van der Waals surface area contributed by atoms with E-state index in [1.807, 2.05) is 60.7 Å². The van der Waals surface area contributed by atoms with Crippen molar-refractivity contribution in [3.05, 3.63) is 66.2 Å². The Hall–Kier alpha value is -0.960. The molecule has 0 spiro atoms. The van der Waals surface area contributed by atoms with Crippen LogP contribution in [0.5, 0.6) is 0 Å². The summed E-state index contributed by atoms with van der Waals surface area (Å²) >= 11 is 13.5. The van der Waals surface area contributed by atoms with E-state index in [1.165, 1.54) is 0 Å². The summed E-state index contributed by atoms with van der Waals surface area (Å²) in [5.41, 5.74) is 0.853. The average Bonchev–Trinajstić information content (AvgIpc) is 2.47. The molecule has 1 nitrogen and oxygen atoms in total. The van der Waals surface area contributed by atoms with E-state index in [4.69, 9.17) is 23.2 Å². The van der Waals surface area contributed by atoms with Crippen molar-refractivity contribution >= 4 is 40.1 Å². The Morgan fingerprint density at radius 2 is 1.42 bits per heavy atom.